The van der Waals surface area contributed by atoms with Gasteiger partial charge in [0.2, 0.25) is 5.91 Å². The first-order valence-electron chi connectivity index (χ1n) is 5.35. The molecule has 0 radical (unpaired) electrons. The molecule has 0 aliphatic carbocycles. The zero-order chi connectivity index (χ0) is 12.1. The second kappa shape index (κ2) is 5.27. The molecule has 1 amide bonds. The maximum Gasteiger partial charge on any atom is 0.242 e. The highest BCUT2D eigenvalue weighted by Gasteiger charge is 2.14. The minimum absolute atomic E-state index is 0.224. The molecule has 0 bridgehead atoms. The van der Waals surface area contributed by atoms with Crippen LogP contribution in [0, 0.1) is 0 Å². The first kappa shape index (κ1) is 11.3. The summed E-state index contributed by atoms with van der Waals surface area (Å²) < 4.78 is 0. The number of aromatic nitrogens is 2. The maximum atomic E-state index is 11.7. The van der Waals surface area contributed by atoms with Crippen molar-refractivity contribution in [3.63, 3.8) is 0 Å². The van der Waals surface area contributed by atoms with Crippen LogP contribution in [-0.4, -0.2) is 22.1 Å². The van der Waals surface area contributed by atoms with Gasteiger partial charge < -0.3 is 11.1 Å². The number of hydrogen-bond acceptors (Lipinski definition) is 3. The molecule has 0 saturated carbocycles. The second-order valence-electron chi connectivity index (χ2n) is 3.76. The van der Waals surface area contributed by atoms with Crippen LogP contribution in [0.5, 0.6) is 0 Å². The van der Waals surface area contributed by atoms with Crippen LogP contribution >= 0.6 is 0 Å². The molecule has 2 rings (SSSR count). The average molecular weight is 230 g/mol. The number of carbonyl (C=O) groups is 1. The van der Waals surface area contributed by atoms with Crippen LogP contribution in [-0.2, 0) is 11.2 Å². The van der Waals surface area contributed by atoms with Crippen molar-refractivity contribution in [3.8, 4) is 0 Å². The van der Waals surface area contributed by atoms with Crippen LogP contribution in [0.15, 0.2) is 42.6 Å². The lowest BCUT2D eigenvalue weighted by Crippen LogP contribution is -2.37. The lowest BCUT2D eigenvalue weighted by molar-refractivity contribution is -0.117. The van der Waals surface area contributed by atoms with Gasteiger partial charge in [-0.25, -0.2) is 0 Å². The topological polar surface area (TPSA) is 83.8 Å². The third-order valence-corrected chi connectivity index (χ3v) is 2.39. The van der Waals surface area contributed by atoms with Gasteiger partial charge in [-0.2, -0.15) is 5.10 Å². The van der Waals surface area contributed by atoms with E-state index in [4.69, 9.17) is 5.73 Å². The van der Waals surface area contributed by atoms with Crippen LogP contribution in [0.2, 0.25) is 0 Å². The molecular weight excluding hydrogens is 216 g/mol. The number of benzene rings is 1. The molecule has 0 spiro atoms. The molecule has 1 aromatic heterocycles. The minimum atomic E-state index is -0.569. The molecule has 0 aliphatic rings. The van der Waals surface area contributed by atoms with E-state index in [-0.39, 0.29) is 5.91 Å². The number of nitrogens with one attached hydrogen (secondary N) is 2. The van der Waals surface area contributed by atoms with Gasteiger partial charge in [0, 0.05) is 6.07 Å². The van der Waals surface area contributed by atoms with E-state index in [9.17, 15) is 4.79 Å². The largest absolute Gasteiger partial charge is 0.320 e. The van der Waals surface area contributed by atoms with Gasteiger partial charge in [0.15, 0.2) is 0 Å². The smallest absolute Gasteiger partial charge is 0.242 e. The first-order chi connectivity index (χ1) is 8.25. The summed E-state index contributed by atoms with van der Waals surface area (Å²) in [4.78, 5) is 11.7. The molecule has 1 aromatic carbocycles. The molecule has 1 atom stereocenters. The molecule has 0 saturated heterocycles. The van der Waals surface area contributed by atoms with E-state index in [1.807, 2.05) is 30.3 Å². The SMILES string of the molecule is NC(Cc1ccccc1)C(=O)Nc1ccn[nH]1. The van der Waals surface area contributed by atoms with Crippen molar-refractivity contribution in [2.45, 2.75) is 12.5 Å². The molecule has 17 heavy (non-hydrogen) atoms. The molecule has 0 fully saturated rings. The van der Waals surface area contributed by atoms with Crippen molar-refractivity contribution < 1.29 is 4.79 Å². The summed E-state index contributed by atoms with van der Waals surface area (Å²) in [5.41, 5.74) is 6.86. The van der Waals surface area contributed by atoms with Crippen molar-refractivity contribution in [3.05, 3.63) is 48.2 Å². The highest BCUT2D eigenvalue weighted by Crippen LogP contribution is 2.04. The van der Waals surface area contributed by atoms with Gasteiger partial charge in [-0.15, -0.1) is 0 Å². The minimum Gasteiger partial charge on any atom is -0.320 e. The third kappa shape index (κ3) is 3.15. The summed E-state index contributed by atoms with van der Waals surface area (Å²) in [5, 5.41) is 9.05. The lowest BCUT2D eigenvalue weighted by Gasteiger charge is -2.10. The van der Waals surface area contributed by atoms with E-state index in [0.29, 0.717) is 12.2 Å². The van der Waals surface area contributed by atoms with E-state index in [1.165, 1.54) is 0 Å². The molecule has 0 aliphatic heterocycles. The lowest BCUT2D eigenvalue weighted by atomic mass is 10.1. The normalized spacial score (nSPS) is 12.1. The number of aromatic amines is 1. The Morgan fingerprint density at radius 2 is 2.12 bits per heavy atom. The Balaban J connectivity index is 1.92. The molecule has 2 aromatic rings. The van der Waals surface area contributed by atoms with E-state index in [1.54, 1.807) is 12.3 Å². The molecule has 5 nitrogen and oxygen atoms in total. The summed E-state index contributed by atoms with van der Waals surface area (Å²) in [6.45, 7) is 0. The molecule has 88 valence electrons. The Bertz CT molecular complexity index is 467. The predicted molar refractivity (Wildman–Crippen MR) is 65.3 cm³/mol. The van der Waals surface area contributed by atoms with Crippen molar-refractivity contribution in [2.24, 2.45) is 5.73 Å². The highest BCUT2D eigenvalue weighted by molar-refractivity contribution is 5.93. The summed E-state index contributed by atoms with van der Waals surface area (Å²) in [5.74, 6) is 0.330. The zero-order valence-corrected chi connectivity index (χ0v) is 9.26. The van der Waals surface area contributed by atoms with Gasteiger partial charge in [-0.3, -0.25) is 9.89 Å². The fourth-order valence-electron chi connectivity index (χ4n) is 1.51. The van der Waals surface area contributed by atoms with E-state index >= 15 is 0 Å². The maximum absolute atomic E-state index is 11.7. The van der Waals surface area contributed by atoms with Gasteiger partial charge in [0.05, 0.1) is 12.2 Å². The van der Waals surface area contributed by atoms with Gasteiger partial charge in [-0.1, -0.05) is 30.3 Å². The average Bonchev–Trinajstić information content (AvgIpc) is 2.83. The van der Waals surface area contributed by atoms with Gasteiger partial charge in [0.25, 0.3) is 0 Å². The van der Waals surface area contributed by atoms with E-state index in [0.717, 1.165) is 5.56 Å². The van der Waals surface area contributed by atoms with E-state index < -0.39 is 6.04 Å². The van der Waals surface area contributed by atoms with Gasteiger partial charge in [0.1, 0.15) is 5.82 Å². The van der Waals surface area contributed by atoms with Crippen molar-refractivity contribution in [1.29, 1.82) is 0 Å². The summed E-state index contributed by atoms with van der Waals surface area (Å²) in [6.07, 6.45) is 2.08. The summed E-state index contributed by atoms with van der Waals surface area (Å²) >= 11 is 0. The number of H-pyrrole nitrogens is 1. The highest BCUT2D eigenvalue weighted by atomic mass is 16.2. The van der Waals surface area contributed by atoms with Crippen LogP contribution in [0.1, 0.15) is 5.56 Å². The Morgan fingerprint density at radius 1 is 1.35 bits per heavy atom. The number of carbonyl (C=O) groups excluding carboxylic acids is 1. The first-order valence-corrected chi connectivity index (χ1v) is 5.35. The Hall–Kier alpha value is -2.14. The fourth-order valence-corrected chi connectivity index (χ4v) is 1.51. The molecule has 1 heterocycles. The van der Waals surface area contributed by atoms with Gasteiger partial charge >= 0.3 is 0 Å². The Labute approximate surface area is 99.0 Å². The molecule has 5 heteroatoms. The monoisotopic (exact) mass is 230 g/mol. The van der Waals surface area contributed by atoms with Crippen LogP contribution in [0.4, 0.5) is 5.82 Å². The summed E-state index contributed by atoms with van der Waals surface area (Å²) in [7, 11) is 0. The number of amides is 1. The van der Waals surface area contributed by atoms with Crippen LogP contribution in [0.25, 0.3) is 0 Å². The summed E-state index contributed by atoms with van der Waals surface area (Å²) in [6, 6.07) is 10.8. The molecular formula is C12H14N4O. The number of nitrogens with zero attached hydrogens (tertiary/aromatic N) is 1. The van der Waals surface area contributed by atoms with E-state index in [2.05, 4.69) is 15.5 Å². The van der Waals surface area contributed by atoms with Crippen molar-refractivity contribution in [2.75, 3.05) is 5.32 Å². The standard InChI is InChI=1S/C12H14N4O/c13-10(8-9-4-2-1-3-5-9)12(17)15-11-6-7-14-16-11/h1-7,10H,8,13H2,(H2,14,15,16,17). The van der Waals surface area contributed by atoms with Crippen LogP contribution in [0.3, 0.4) is 0 Å². The Kier molecular flexibility index (Phi) is 3.52. The zero-order valence-electron chi connectivity index (χ0n) is 9.26. The Morgan fingerprint density at radius 3 is 2.76 bits per heavy atom. The number of anilines is 1. The second-order valence-corrected chi connectivity index (χ2v) is 3.76. The molecule has 4 N–H and O–H groups in total. The number of nitrogens with two attached hydrogens (primary N) is 1. The van der Waals surface area contributed by atoms with Crippen molar-refractivity contribution in [1.82, 2.24) is 10.2 Å². The van der Waals surface area contributed by atoms with Crippen molar-refractivity contribution >= 4 is 11.7 Å². The predicted octanol–water partition coefficient (Wildman–Crippen LogP) is 0.918. The fraction of sp³-hybridized carbons (Fsp3) is 0.167. The molecule has 1 unspecified atom stereocenters. The van der Waals surface area contributed by atoms with Gasteiger partial charge in [-0.05, 0) is 12.0 Å². The number of rotatable bonds is 4. The quantitative estimate of drug-likeness (QED) is 0.730. The van der Waals surface area contributed by atoms with Crippen LogP contribution < -0.4 is 11.1 Å². The number of hydrogen-bond donors (Lipinski definition) is 3. The third-order valence-electron chi connectivity index (χ3n) is 2.39.